The largest absolute Gasteiger partial charge is 0.0862 e. The lowest BCUT2D eigenvalue weighted by atomic mass is 9.94. The van der Waals surface area contributed by atoms with E-state index in [0.717, 1.165) is 0 Å². The zero-order valence-electron chi connectivity index (χ0n) is 9.09. The average molecular weight is 223 g/mol. The molecule has 1 heteroatoms. The molecule has 0 N–H and O–H groups in total. The van der Waals surface area contributed by atoms with Crippen LogP contribution in [0, 0.1) is 5.41 Å². The Bertz CT molecular complexity index is 76.0. The fourth-order valence-electron chi connectivity index (χ4n) is 0. The topological polar surface area (TPSA) is 0 Å². The van der Waals surface area contributed by atoms with Crippen LogP contribution in [-0.4, -0.2) is 4.32 Å². The van der Waals surface area contributed by atoms with Crippen LogP contribution < -0.4 is 0 Å². The van der Waals surface area contributed by atoms with Crippen molar-refractivity contribution in [3.8, 4) is 0 Å². The standard InChI is InChI=1S/C6H14.C4H9Br/c1-5-6(2,3)4;1-4(2,3)5/h5H2,1-4H3;1-3H3. The van der Waals surface area contributed by atoms with E-state index in [1.807, 2.05) is 0 Å². The van der Waals surface area contributed by atoms with Crippen molar-refractivity contribution in [3.63, 3.8) is 0 Å². The van der Waals surface area contributed by atoms with Gasteiger partial charge in [-0.05, 0) is 5.41 Å². The Morgan fingerprint density at radius 2 is 1.00 bits per heavy atom. The zero-order valence-corrected chi connectivity index (χ0v) is 10.7. The van der Waals surface area contributed by atoms with E-state index in [0.29, 0.717) is 9.74 Å². The highest BCUT2D eigenvalue weighted by atomic mass is 79.9. The molecule has 0 aliphatic carbocycles. The molecule has 0 aromatic carbocycles. The predicted octanol–water partition coefficient (Wildman–Crippen LogP) is 4.62. The first-order valence-electron chi connectivity index (χ1n) is 4.25. The molecule has 70 valence electrons. The lowest BCUT2D eigenvalue weighted by molar-refractivity contribution is 0.398. The molecule has 0 saturated carbocycles. The van der Waals surface area contributed by atoms with Crippen molar-refractivity contribution >= 4 is 15.9 Å². The van der Waals surface area contributed by atoms with Crippen molar-refractivity contribution in [2.75, 3.05) is 0 Å². The molecule has 0 spiro atoms. The first kappa shape index (κ1) is 14.0. The molecule has 0 unspecified atom stereocenters. The quantitative estimate of drug-likeness (QED) is 0.525. The molecule has 0 aliphatic rings. The summed E-state index contributed by atoms with van der Waals surface area (Å²) >= 11 is 3.38. The predicted molar refractivity (Wildman–Crippen MR) is 58.4 cm³/mol. The number of hydrogen-bond acceptors (Lipinski definition) is 0. The number of halogens is 1. The van der Waals surface area contributed by atoms with Crippen LogP contribution in [0.25, 0.3) is 0 Å². The summed E-state index contributed by atoms with van der Waals surface area (Å²) in [7, 11) is 0. The summed E-state index contributed by atoms with van der Waals surface area (Å²) in [6.45, 7) is 15.2. The summed E-state index contributed by atoms with van der Waals surface area (Å²) in [6, 6.07) is 0. The number of alkyl halides is 1. The van der Waals surface area contributed by atoms with Gasteiger partial charge in [0.25, 0.3) is 0 Å². The molecule has 11 heavy (non-hydrogen) atoms. The Hall–Kier alpha value is 0.480. The van der Waals surface area contributed by atoms with Gasteiger partial charge in [0.2, 0.25) is 0 Å². The third kappa shape index (κ3) is 62.2. The molecule has 0 nitrogen and oxygen atoms in total. The lowest BCUT2D eigenvalue weighted by Gasteiger charge is -2.12. The molecular formula is C10H23Br. The summed E-state index contributed by atoms with van der Waals surface area (Å²) in [5, 5.41) is 0. The van der Waals surface area contributed by atoms with Crippen molar-refractivity contribution in [2.45, 2.75) is 59.2 Å². The van der Waals surface area contributed by atoms with Crippen LogP contribution in [0.3, 0.4) is 0 Å². The summed E-state index contributed by atoms with van der Waals surface area (Å²) in [5.41, 5.74) is 0.542. The van der Waals surface area contributed by atoms with Crippen LogP contribution in [-0.2, 0) is 0 Å². The number of hydrogen-bond donors (Lipinski definition) is 0. The van der Waals surface area contributed by atoms with E-state index in [9.17, 15) is 0 Å². The van der Waals surface area contributed by atoms with Gasteiger partial charge >= 0.3 is 0 Å². The minimum atomic E-state index is 0.312. The highest BCUT2D eigenvalue weighted by Gasteiger charge is 2.03. The second kappa shape index (κ2) is 5.18. The maximum atomic E-state index is 3.38. The highest BCUT2D eigenvalue weighted by molar-refractivity contribution is 9.10. The van der Waals surface area contributed by atoms with Gasteiger partial charge in [0.05, 0.1) is 0 Å². The molecule has 0 radical (unpaired) electrons. The Labute approximate surface area is 80.9 Å². The van der Waals surface area contributed by atoms with Crippen molar-refractivity contribution in [1.29, 1.82) is 0 Å². The molecule has 0 atom stereocenters. The van der Waals surface area contributed by atoms with E-state index >= 15 is 0 Å². The molecule has 0 amide bonds. The van der Waals surface area contributed by atoms with Crippen LogP contribution in [0.4, 0.5) is 0 Å². The Morgan fingerprint density at radius 1 is 0.909 bits per heavy atom. The van der Waals surface area contributed by atoms with Crippen LogP contribution in [0.15, 0.2) is 0 Å². The first-order chi connectivity index (χ1) is 4.56. The molecule has 0 rings (SSSR count). The van der Waals surface area contributed by atoms with Gasteiger partial charge in [-0.2, -0.15) is 0 Å². The summed E-state index contributed by atoms with van der Waals surface area (Å²) in [4.78, 5) is 0. The maximum absolute atomic E-state index is 3.38. The Balaban J connectivity index is 0. The Kier molecular flexibility index (Phi) is 6.61. The second-order valence-corrected chi connectivity index (χ2v) is 7.36. The van der Waals surface area contributed by atoms with Gasteiger partial charge < -0.3 is 0 Å². The summed E-state index contributed by atoms with van der Waals surface area (Å²) in [5.74, 6) is 0. The van der Waals surface area contributed by atoms with Crippen molar-refractivity contribution in [1.82, 2.24) is 0 Å². The van der Waals surface area contributed by atoms with E-state index in [1.165, 1.54) is 6.42 Å². The lowest BCUT2D eigenvalue weighted by Crippen LogP contribution is -2.00. The molecular weight excluding hydrogens is 200 g/mol. The van der Waals surface area contributed by atoms with Gasteiger partial charge in [-0.3, -0.25) is 0 Å². The molecule has 0 saturated heterocycles. The molecule has 0 heterocycles. The maximum Gasteiger partial charge on any atom is 0.0173 e. The minimum absolute atomic E-state index is 0.312. The van der Waals surface area contributed by atoms with Crippen LogP contribution in [0.2, 0.25) is 0 Å². The molecule has 0 aromatic heterocycles. The van der Waals surface area contributed by atoms with Gasteiger partial charge in [-0.25, -0.2) is 0 Å². The molecule has 0 fully saturated rings. The Morgan fingerprint density at radius 3 is 1.00 bits per heavy atom. The van der Waals surface area contributed by atoms with Crippen LogP contribution >= 0.6 is 15.9 Å². The first-order valence-corrected chi connectivity index (χ1v) is 5.04. The van der Waals surface area contributed by atoms with E-state index in [4.69, 9.17) is 0 Å². The normalized spacial score (nSPS) is 12.0. The summed E-state index contributed by atoms with van der Waals surface area (Å²) in [6.07, 6.45) is 1.27. The van der Waals surface area contributed by atoms with Gasteiger partial charge in [0.15, 0.2) is 0 Å². The van der Waals surface area contributed by atoms with Gasteiger partial charge in [0.1, 0.15) is 0 Å². The van der Waals surface area contributed by atoms with E-state index in [2.05, 4.69) is 64.4 Å². The average Bonchev–Trinajstić information content (AvgIpc) is 1.59. The van der Waals surface area contributed by atoms with Crippen LogP contribution in [0.5, 0.6) is 0 Å². The monoisotopic (exact) mass is 222 g/mol. The third-order valence-electron chi connectivity index (χ3n) is 1.06. The van der Waals surface area contributed by atoms with Crippen molar-refractivity contribution in [2.24, 2.45) is 5.41 Å². The van der Waals surface area contributed by atoms with E-state index in [1.54, 1.807) is 0 Å². The SMILES string of the molecule is CC(C)(C)Br.CCC(C)(C)C. The molecule has 0 bridgehead atoms. The fourth-order valence-corrected chi connectivity index (χ4v) is 0. The highest BCUT2D eigenvalue weighted by Crippen LogP contribution is 2.16. The minimum Gasteiger partial charge on any atom is -0.0862 e. The smallest absolute Gasteiger partial charge is 0.0173 e. The zero-order chi connectivity index (χ0) is 9.71. The van der Waals surface area contributed by atoms with E-state index in [-0.39, 0.29) is 0 Å². The summed E-state index contributed by atoms with van der Waals surface area (Å²) < 4.78 is 0.312. The fraction of sp³-hybridized carbons (Fsp3) is 1.00. The van der Waals surface area contributed by atoms with Gasteiger partial charge in [-0.1, -0.05) is 70.8 Å². The molecule has 0 aromatic rings. The van der Waals surface area contributed by atoms with Crippen molar-refractivity contribution in [3.05, 3.63) is 0 Å². The second-order valence-electron chi connectivity index (χ2n) is 4.98. The van der Waals surface area contributed by atoms with E-state index < -0.39 is 0 Å². The van der Waals surface area contributed by atoms with Gasteiger partial charge in [-0.15, -0.1) is 0 Å². The van der Waals surface area contributed by atoms with Crippen LogP contribution in [0.1, 0.15) is 54.9 Å². The number of rotatable bonds is 0. The van der Waals surface area contributed by atoms with Crippen molar-refractivity contribution < 1.29 is 0 Å². The molecule has 0 aliphatic heterocycles. The van der Waals surface area contributed by atoms with Gasteiger partial charge in [0, 0.05) is 4.32 Å². The third-order valence-corrected chi connectivity index (χ3v) is 1.06.